The van der Waals surface area contributed by atoms with Crippen LogP contribution in [0.15, 0.2) is 28.8 Å². The van der Waals surface area contributed by atoms with Crippen molar-refractivity contribution in [2.45, 2.75) is 0 Å². The number of pyridine rings is 1. The van der Waals surface area contributed by atoms with Crippen LogP contribution in [0.25, 0.3) is 21.9 Å². The molecule has 0 saturated heterocycles. The molecule has 0 atom stereocenters. The van der Waals surface area contributed by atoms with Crippen LogP contribution in [0.3, 0.4) is 0 Å². The maximum Gasteiger partial charge on any atom is 0.231 e. The summed E-state index contributed by atoms with van der Waals surface area (Å²) < 4.78 is 10.0. The molecule has 1 aromatic carbocycles. The smallest absolute Gasteiger partial charge is 0.231 e. The first kappa shape index (κ1) is 8.96. The van der Waals surface area contributed by atoms with Crippen LogP contribution in [-0.4, -0.2) is 17.3 Å². The Morgan fingerprint density at radius 3 is 3.00 bits per heavy atom. The van der Waals surface area contributed by atoms with Crippen molar-refractivity contribution in [3.63, 3.8) is 0 Å². The first-order valence-corrected chi connectivity index (χ1v) is 4.77. The molecule has 5 heteroatoms. The molecular formula is C11H9N3O2. The normalized spacial score (nSPS) is 11.1. The second-order valence-corrected chi connectivity index (χ2v) is 3.46. The van der Waals surface area contributed by atoms with Gasteiger partial charge >= 0.3 is 0 Å². The minimum atomic E-state index is 0.284. The summed E-state index contributed by atoms with van der Waals surface area (Å²) in [5.74, 6) is 1.07. The Morgan fingerprint density at radius 2 is 2.19 bits per heavy atom. The number of rotatable bonds is 1. The lowest BCUT2D eigenvalue weighted by molar-refractivity contribution is 0.415. The molecule has 2 N–H and O–H groups in total. The number of nitrogen functional groups attached to an aromatic ring is 1. The second-order valence-electron chi connectivity index (χ2n) is 3.46. The number of fused-ring (bicyclic) bond motifs is 2. The van der Waals surface area contributed by atoms with E-state index in [9.17, 15) is 0 Å². The van der Waals surface area contributed by atoms with Gasteiger partial charge in [-0.2, -0.15) is 0 Å². The maximum atomic E-state index is 5.64. The number of hydrogen-bond acceptors (Lipinski definition) is 5. The van der Waals surface area contributed by atoms with E-state index in [1.54, 1.807) is 7.11 Å². The van der Waals surface area contributed by atoms with E-state index in [1.165, 1.54) is 0 Å². The van der Waals surface area contributed by atoms with Crippen molar-refractivity contribution in [1.29, 1.82) is 0 Å². The monoisotopic (exact) mass is 215 g/mol. The molecule has 2 aromatic heterocycles. The lowest BCUT2D eigenvalue weighted by Crippen LogP contribution is -1.86. The summed E-state index contributed by atoms with van der Waals surface area (Å²) in [6.45, 7) is 0. The summed E-state index contributed by atoms with van der Waals surface area (Å²) in [5.41, 5.74) is 7.00. The molecule has 0 spiro atoms. The number of benzene rings is 1. The Morgan fingerprint density at radius 1 is 1.31 bits per heavy atom. The molecule has 0 radical (unpaired) electrons. The predicted molar refractivity (Wildman–Crippen MR) is 60.3 cm³/mol. The fourth-order valence-electron chi connectivity index (χ4n) is 1.66. The molecule has 16 heavy (non-hydrogen) atoms. The van der Waals surface area contributed by atoms with Crippen molar-refractivity contribution in [1.82, 2.24) is 10.1 Å². The minimum Gasteiger partial charge on any atom is -0.497 e. The number of hydrogen-bond donors (Lipinski definition) is 1. The molecule has 80 valence electrons. The molecule has 0 bridgehead atoms. The first-order valence-electron chi connectivity index (χ1n) is 4.77. The Hall–Kier alpha value is -2.30. The summed E-state index contributed by atoms with van der Waals surface area (Å²) >= 11 is 0. The van der Waals surface area contributed by atoms with E-state index in [-0.39, 0.29) is 5.88 Å². The Kier molecular flexibility index (Phi) is 1.73. The molecule has 3 rings (SSSR count). The summed E-state index contributed by atoms with van der Waals surface area (Å²) in [6.07, 6.45) is 0. The third-order valence-electron chi connectivity index (χ3n) is 2.50. The SMILES string of the molecule is COc1ccc2nc3noc(N)c3cc2c1. The summed E-state index contributed by atoms with van der Waals surface area (Å²) in [6, 6.07) is 7.52. The van der Waals surface area contributed by atoms with Crippen molar-refractivity contribution in [2.24, 2.45) is 0 Å². The van der Waals surface area contributed by atoms with Crippen molar-refractivity contribution < 1.29 is 9.26 Å². The van der Waals surface area contributed by atoms with E-state index >= 15 is 0 Å². The molecule has 2 heterocycles. The molecule has 0 aliphatic rings. The third kappa shape index (κ3) is 1.18. The van der Waals surface area contributed by atoms with Gasteiger partial charge in [0.2, 0.25) is 11.5 Å². The molecule has 0 aliphatic heterocycles. The highest BCUT2D eigenvalue weighted by molar-refractivity contribution is 5.95. The van der Waals surface area contributed by atoms with E-state index in [2.05, 4.69) is 10.1 Å². The van der Waals surface area contributed by atoms with E-state index in [1.807, 2.05) is 24.3 Å². The van der Waals surface area contributed by atoms with Crippen LogP contribution in [0.2, 0.25) is 0 Å². The van der Waals surface area contributed by atoms with Gasteiger partial charge < -0.3 is 15.0 Å². The average Bonchev–Trinajstić information content (AvgIpc) is 2.67. The van der Waals surface area contributed by atoms with Crippen LogP contribution in [-0.2, 0) is 0 Å². The van der Waals surface area contributed by atoms with Crippen molar-refractivity contribution in [3.05, 3.63) is 24.3 Å². The van der Waals surface area contributed by atoms with Gasteiger partial charge in [-0.15, -0.1) is 0 Å². The predicted octanol–water partition coefficient (Wildman–Crippen LogP) is 1.97. The fourth-order valence-corrected chi connectivity index (χ4v) is 1.66. The van der Waals surface area contributed by atoms with Crippen molar-refractivity contribution in [3.8, 4) is 5.75 Å². The van der Waals surface area contributed by atoms with E-state index in [0.717, 1.165) is 22.0 Å². The highest BCUT2D eigenvalue weighted by Crippen LogP contribution is 2.26. The summed E-state index contributed by atoms with van der Waals surface area (Å²) in [5, 5.41) is 5.44. The number of anilines is 1. The van der Waals surface area contributed by atoms with Crippen LogP contribution in [0.5, 0.6) is 5.75 Å². The van der Waals surface area contributed by atoms with E-state index < -0.39 is 0 Å². The van der Waals surface area contributed by atoms with Crippen molar-refractivity contribution in [2.75, 3.05) is 12.8 Å². The molecule has 0 aliphatic carbocycles. The molecule has 0 fully saturated rings. The van der Waals surface area contributed by atoms with E-state index in [4.69, 9.17) is 15.0 Å². The van der Waals surface area contributed by atoms with Gasteiger partial charge in [-0.25, -0.2) is 4.98 Å². The van der Waals surface area contributed by atoms with Crippen LogP contribution >= 0.6 is 0 Å². The van der Waals surface area contributed by atoms with Gasteiger partial charge in [0.05, 0.1) is 18.0 Å². The van der Waals surface area contributed by atoms with Gasteiger partial charge in [-0.1, -0.05) is 5.16 Å². The molecule has 3 aromatic rings. The topological polar surface area (TPSA) is 74.2 Å². The quantitative estimate of drug-likeness (QED) is 0.671. The van der Waals surface area contributed by atoms with Crippen LogP contribution < -0.4 is 10.5 Å². The maximum absolute atomic E-state index is 5.64. The highest BCUT2D eigenvalue weighted by atomic mass is 16.5. The molecular weight excluding hydrogens is 206 g/mol. The lowest BCUT2D eigenvalue weighted by Gasteiger charge is -2.01. The van der Waals surface area contributed by atoms with Gasteiger partial charge in [-0.05, 0) is 24.3 Å². The number of ether oxygens (including phenoxy) is 1. The molecule has 0 unspecified atom stereocenters. The van der Waals surface area contributed by atoms with Gasteiger partial charge in [0.1, 0.15) is 5.75 Å². The van der Waals surface area contributed by atoms with Gasteiger partial charge in [-0.3, -0.25) is 0 Å². The van der Waals surface area contributed by atoms with Crippen LogP contribution in [0, 0.1) is 0 Å². The number of nitrogens with zero attached hydrogens (tertiary/aromatic N) is 2. The Labute approximate surface area is 90.8 Å². The zero-order valence-electron chi connectivity index (χ0n) is 8.60. The number of nitrogens with two attached hydrogens (primary N) is 1. The van der Waals surface area contributed by atoms with Gasteiger partial charge in [0.15, 0.2) is 0 Å². The molecule has 0 amide bonds. The van der Waals surface area contributed by atoms with Crippen LogP contribution in [0.1, 0.15) is 0 Å². The zero-order valence-corrected chi connectivity index (χ0v) is 8.60. The Balaban J connectivity index is 2.39. The fraction of sp³-hybridized carbons (Fsp3) is 0.0909. The largest absolute Gasteiger partial charge is 0.497 e. The first-order chi connectivity index (χ1) is 7.78. The summed E-state index contributed by atoms with van der Waals surface area (Å²) in [7, 11) is 1.63. The zero-order chi connectivity index (χ0) is 11.1. The average molecular weight is 215 g/mol. The molecule has 5 nitrogen and oxygen atoms in total. The Bertz CT molecular complexity index is 675. The highest BCUT2D eigenvalue weighted by Gasteiger charge is 2.08. The number of aromatic nitrogens is 2. The summed E-state index contributed by atoms with van der Waals surface area (Å²) in [4.78, 5) is 4.33. The second kappa shape index (κ2) is 3.10. The standard InChI is InChI=1S/C11H9N3O2/c1-15-7-2-3-9-6(4-7)5-8-10(12)16-14-11(8)13-9/h2-5H,12H2,1H3. The lowest BCUT2D eigenvalue weighted by atomic mass is 10.2. The third-order valence-corrected chi connectivity index (χ3v) is 2.50. The molecule has 0 saturated carbocycles. The van der Waals surface area contributed by atoms with Crippen molar-refractivity contribution >= 4 is 27.8 Å². The van der Waals surface area contributed by atoms with Gasteiger partial charge in [0, 0.05) is 5.39 Å². The van der Waals surface area contributed by atoms with E-state index in [0.29, 0.717) is 5.65 Å². The number of methoxy groups -OCH3 is 1. The minimum absolute atomic E-state index is 0.284. The van der Waals surface area contributed by atoms with Crippen LogP contribution in [0.4, 0.5) is 5.88 Å². The van der Waals surface area contributed by atoms with Gasteiger partial charge in [0.25, 0.3) is 0 Å².